The van der Waals surface area contributed by atoms with E-state index in [9.17, 15) is 0 Å². The van der Waals surface area contributed by atoms with Crippen molar-refractivity contribution in [3.05, 3.63) is 17.8 Å². The van der Waals surface area contributed by atoms with E-state index in [-0.39, 0.29) is 0 Å². The van der Waals surface area contributed by atoms with E-state index in [1.165, 1.54) is 6.20 Å². The first-order valence-corrected chi connectivity index (χ1v) is 5.02. The Morgan fingerprint density at radius 1 is 1.56 bits per heavy atom. The average Bonchev–Trinajstić information content (AvgIpc) is 3.15. The summed E-state index contributed by atoms with van der Waals surface area (Å²) in [5, 5.41) is 18.7. The third-order valence-corrected chi connectivity index (χ3v) is 2.06. The monoisotopic (exact) mass is 221 g/mol. The molecule has 1 aliphatic rings. The molecule has 0 amide bonds. The predicted molar refractivity (Wildman–Crippen MR) is 60.3 cm³/mol. The van der Waals surface area contributed by atoms with Crippen LogP contribution in [0.25, 0.3) is 0 Å². The lowest BCUT2D eigenvalue weighted by Crippen LogP contribution is -2.00. The molecule has 1 heterocycles. The summed E-state index contributed by atoms with van der Waals surface area (Å²) in [5.74, 6) is 1.36. The second-order valence-electron chi connectivity index (χ2n) is 3.24. The van der Waals surface area contributed by atoms with Crippen LogP contribution in [0.4, 0.5) is 5.82 Å². The largest absolute Gasteiger partial charge is 0.489 e. The topological polar surface area (TPSA) is 78.2 Å². The molecule has 0 unspecified atom stereocenters. The molecule has 0 aromatic carbocycles. The van der Waals surface area contributed by atoms with Crippen LogP contribution in [-0.4, -0.2) is 30.4 Å². The molecule has 2 N–H and O–H groups in total. The third-order valence-electron chi connectivity index (χ3n) is 2.06. The fraction of sp³-hybridized carbons (Fsp3) is 0.455. The van der Waals surface area contributed by atoms with Crippen LogP contribution in [0.1, 0.15) is 18.4 Å². The van der Waals surface area contributed by atoms with Crippen LogP contribution in [0, 0.1) is 11.3 Å². The maximum atomic E-state index is 8.82. The Morgan fingerprint density at radius 3 is 2.75 bits per heavy atom. The van der Waals surface area contributed by atoms with Gasteiger partial charge in [0.2, 0.25) is 0 Å². The number of nitrogens with one attached hydrogen (secondary N) is 1. The standard InChI is InChI=1S/C10H11N3O.CH4O/c1-12-10-4-9(14-8-2-3-8)7(5-11)6-13-10;1-2/h4,6,8H,2-3H2,1H3,(H,12,13);2H,1H3. The van der Waals surface area contributed by atoms with E-state index in [0.717, 1.165) is 25.8 Å². The minimum absolute atomic E-state index is 0.300. The van der Waals surface area contributed by atoms with Crippen molar-refractivity contribution in [3.8, 4) is 11.8 Å². The first kappa shape index (κ1) is 12.3. The highest BCUT2D eigenvalue weighted by molar-refractivity contribution is 5.49. The zero-order chi connectivity index (χ0) is 12.0. The van der Waals surface area contributed by atoms with Gasteiger partial charge in [0, 0.05) is 20.2 Å². The molecule has 16 heavy (non-hydrogen) atoms. The van der Waals surface area contributed by atoms with Gasteiger partial charge in [0.25, 0.3) is 0 Å². The zero-order valence-electron chi connectivity index (χ0n) is 9.40. The smallest absolute Gasteiger partial charge is 0.142 e. The van der Waals surface area contributed by atoms with Crippen molar-refractivity contribution >= 4 is 5.82 Å². The van der Waals surface area contributed by atoms with Crippen molar-refractivity contribution in [3.63, 3.8) is 0 Å². The number of hydrogen-bond acceptors (Lipinski definition) is 5. The van der Waals surface area contributed by atoms with Crippen LogP contribution in [0.5, 0.6) is 5.75 Å². The molecule has 0 radical (unpaired) electrons. The van der Waals surface area contributed by atoms with Crippen LogP contribution in [-0.2, 0) is 0 Å². The first-order valence-electron chi connectivity index (χ1n) is 5.02. The van der Waals surface area contributed by atoms with Crippen LogP contribution in [0.2, 0.25) is 0 Å². The molecule has 2 rings (SSSR count). The number of aliphatic hydroxyl groups excluding tert-OH is 1. The molecule has 0 bridgehead atoms. The second kappa shape index (κ2) is 5.93. The summed E-state index contributed by atoms with van der Waals surface area (Å²) >= 11 is 0. The molecule has 1 aromatic rings. The SMILES string of the molecule is CNc1cc(OC2CC2)c(C#N)cn1.CO. The molecule has 5 heteroatoms. The van der Waals surface area contributed by atoms with Gasteiger partial charge in [0.1, 0.15) is 23.2 Å². The van der Waals surface area contributed by atoms with Crippen LogP contribution in [0.15, 0.2) is 12.3 Å². The number of anilines is 1. The van der Waals surface area contributed by atoms with Gasteiger partial charge in [-0.1, -0.05) is 0 Å². The Bertz CT molecular complexity index is 383. The molecular formula is C11H15N3O2. The minimum Gasteiger partial charge on any atom is -0.489 e. The van der Waals surface area contributed by atoms with Gasteiger partial charge < -0.3 is 15.2 Å². The van der Waals surface area contributed by atoms with Crippen LogP contribution in [0.3, 0.4) is 0 Å². The third kappa shape index (κ3) is 3.11. The summed E-state index contributed by atoms with van der Waals surface area (Å²) in [6, 6.07) is 3.83. The highest BCUT2D eigenvalue weighted by atomic mass is 16.5. The molecule has 86 valence electrons. The Morgan fingerprint density at radius 2 is 2.25 bits per heavy atom. The fourth-order valence-electron chi connectivity index (χ4n) is 1.12. The fourth-order valence-corrected chi connectivity index (χ4v) is 1.12. The molecule has 0 atom stereocenters. The van der Waals surface area contributed by atoms with E-state index in [1.54, 1.807) is 13.1 Å². The van der Waals surface area contributed by atoms with Gasteiger partial charge in [-0.05, 0) is 12.8 Å². The minimum atomic E-state index is 0.300. The number of nitrogens with zero attached hydrogens (tertiary/aromatic N) is 2. The summed E-state index contributed by atoms with van der Waals surface area (Å²) in [6.45, 7) is 0. The number of nitriles is 1. The van der Waals surface area contributed by atoms with E-state index >= 15 is 0 Å². The van der Waals surface area contributed by atoms with E-state index in [2.05, 4.69) is 16.4 Å². The Hall–Kier alpha value is -1.80. The molecule has 0 spiro atoms. The lowest BCUT2D eigenvalue weighted by Gasteiger charge is -2.07. The summed E-state index contributed by atoms with van der Waals surface area (Å²) in [5.41, 5.74) is 0.496. The zero-order valence-corrected chi connectivity index (χ0v) is 9.40. The lowest BCUT2D eigenvalue weighted by molar-refractivity contribution is 0.302. The molecular weight excluding hydrogens is 206 g/mol. The highest BCUT2D eigenvalue weighted by Gasteiger charge is 2.24. The lowest BCUT2D eigenvalue weighted by atomic mass is 10.3. The maximum Gasteiger partial charge on any atom is 0.142 e. The molecule has 0 saturated heterocycles. The van der Waals surface area contributed by atoms with E-state index in [4.69, 9.17) is 15.1 Å². The molecule has 5 nitrogen and oxygen atoms in total. The number of aliphatic hydroxyl groups is 1. The second-order valence-corrected chi connectivity index (χ2v) is 3.24. The quantitative estimate of drug-likeness (QED) is 0.800. The van der Waals surface area contributed by atoms with Crippen molar-refractivity contribution < 1.29 is 9.84 Å². The van der Waals surface area contributed by atoms with Gasteiger partial charge in [-0.25, -0.2) is 4.98 Å². The molecule has 1 fully saturated rings. The number of hydrogen-bond donors (Lipinski definition) is 2. The van der Waals surface area contributed by atoms with Crippen molar-refractivity contribution in [2.75, 3.05) is 19.5 Å². The average molecular weight is 221 g/mol. The van der Waals surface area contributed by atoms with Crippen molar-refractivity contribution in [2.24, 2.45) is 0 Å². The van der Waals surface area contributed by atoms with E-state index in [0.29, 0.717) is 17.4 Å². The van der Waals surface area contributed by atoms with Gasteiger partial charge in [-0.3, -0.25) is 0 Å². The summed E-state index contributed by atoms with van der Waals surface area (Å²) < 4.78 is 5.59. The predicted octanol–water partition coefficient (Wildman–Crippen LogP) is 1.14. The number of ether oxygens (including phenoxy) is 1. The summed E-state index contributed by atoms with van der Waals surface area (Å²) in [4.78, 5) is 4.04. The maximum absolute atomic E-state index is 8.82. The van der Waals surface area contributed by atoms with Crippen molar-refractivity contribution in [2.45, 2.75) is 18.9 Å². The highest BCUT2D eigenvalue weighted by Crippen LogP contribution is 2.29. The Balaban J connectivity index is 0.000000606. The normalized spacial score (nSPS) is 13.1. The molecule has 1 aromatic heterocycles. The first-order chi connectivity index (χ1) is 7.83. The molecule has 1 aliphatic carbocycles. The van der Waals surface area contributed by atoms with Gasteiger partial charge in [-0.15, -0.1) is 0 Å². The van der Waals surface area contributed by atoms with Crippen molar-refractivity contribution in [1.82, 2.24) is 4.98 Å². The molecule has 0 aliphatic heterocycles. The van der Waals surface area contributed by atoms with E-state index < -0.39 is 0 Å². The summed E-state index contributed by atoms with van der Waals surface area (Å²) in [7, 11) is 2.79. The Kier molecular flexibility index (Phi) is 4.55. The van der Waals surface area contributed by atoms with Crippen LogP contribution < -0.4 is 10.1 Å². The van der Waals surface area contributed by atoms with E-state index in [1.807, 2.05) is 0 Å². The van der Waals surface area contributed by atoms with Crippen LogP contribution >= 0.6 is 0 Å². The summed E-state index contributed by atoms with van der Waals surface area (Å²) in [6.07, 6.45) is 4.00. The number of rotatable bonds is 3. The van der Waals surface area contributed by atoms with Gasteiger partial charge in [0.05, 0.1) is 12.3 Å². The van der Waals surface area contributed by atoms with Gasteiger partial charge in [0.15, 0.2) is 0 Å². The van der Waals surface area contributed by atoms with Gasteiger partial charge in [-0.2, -0.15) is 5.26 Å². The van der Waals surface area contributed by atoms with Gasteiger partial charge >= 0.3 is 0 Å². The Labute approximate surface area is 94.7 Å². The number of pyridine rings is 1. The number of aromatic nitrogens is 1. The molecule has 1 saturated carbocycles. The van der Waals surface area contributed by atoms with Crippen molar-refractivity contribution in [1.29, 1.82) is 5.26 Å².